The van der Waals surface area contributed by atoms with Gasteiger partial charge in [0.05, 0.1) is 18.7 Å². The van der Waals surface area contributed by atoms with Crippen LogP contribution in [0.5, 0.6) is 11.5 Å². The highest BCUT2D eigenvalue weighted by Gasteiger charge is 2.15. The largest absolute Gasteiger partial charge is 0.493 e. The third-order valence-corrected chi connectivity index (χ3v) is 2.72. The molecular formula is C13H19ClN2O3. The Morgan fingerprint density at radius 2 is 2.11 bits per heavy atom. The molecule has 6 heteroatoms. The first-order valence-corrected chi connectivity index (χ1v) is 6.45. The summed E-state index contributed by atoms with van der Waals surface area (Å²) < 4.78 is 10.6. The highest BCUT2D eigenvalue weighted by molar-refractivity contribution is 6.32. The fraction of sp³-hybridized carbons (Fsp3) is 0.462. The van der Waals surface area contributed by atoms with Gasteiger partial charge in [0.2, 0.25) is 0 Å². The molecule has 1 aromatic carbocycles. The van der Waals surface area contributed by atoms with E-state index in [9.17, 15) is 4.79 Å². The van der Waals surface area contributed by atoms with Crippen LogP contribution in [0.25, 0.3) is 0 Å². The van der Waals surface area contributed by atoms with E-state index in [0.29, 0.717) is 41.8 Å². The van der Waals surface area contributed by atoms with Crippen LogP contribution >= 0.6 is 11.6 Å². The van der Waals surface area contributed by atoms with E-state index in [4.69, 9.17) is 21.1 Å². The second-order valence-corrected chi connectivity index (χ2v) is 4.19. The molecule has 1 rings (SSSR count). The van der Waals surface area contributed by atoms with Gasteiger partial charge in [0.25, 0.3) is 5.91 Å². The minimum Gasteiger partial charge on any atom is -0.493 e. The summed E-state index contributed by atoms with van der Waals surface area (Å²) in [4.78, 5) is 11.9. The van der Waals surface area contributed by atoms with Crippen LogP contribution in [-0.2, 0) is 0 Å². The van der Waals surface area contributed by atoms with Gasteiger partial charge in [-0.2, -0.15) is 0 Å². The molecule has 0 aliphatic carbocycles. The van der Waals surface area contributed by atoms with E-state index in [1.54, 1.807) is 12.1 Å². The summed E-state index contributed by atoms with van der Waals surface area (Å²) in [6, 6.07) is 3.19. The number of ether oxygens (including phenoxy) is 2. The Morgan fingerprint density at radius 1 is 1.37 bits per heavy atom. The van der Waals surface area contributed by atoms with Crippen molar-refractivity contribution in [2.24, 2.45) is 0 Å². The monoisotopic (exact) mass is 286 g/mol. The van der Waals surface area contributed by atoms with E-state index in [0.717, 1.165) is 0 Å². The Labute approximate surface area is 118 Å². The molecule has 1 aromatic rings. The maximum absolute atomic E-state index is 11.9. The number of carbonyl (C=O) groups excluding carboxylic acids is 1. The average Bonchev–Trinajstić information content (AvgIpc) is 2.41. The van der Waals surface area contributed by atoms with Gasteiger partial charge < -0.3 is 20.1 Å². The second-order valence-electron chi connectivity index (χ2n) is 3.78. The van der Waals surface area contributed by atoms with Crippen LogP contribution < -0.4 is 20.1 Å². The number of amides is 1. The Kier molecular flexibility index (Phi) is 6.45. The van der Waals surface area contributed by atoms with Gasteiger partial charge >= 0.3 is 0 Å². The van der Waals surface area contributed by atoms with E-state index in [1.165, 1.54) is 7.11 Å². The topological polar surface area (TPSA) is 59.6 Å². The van der Waals surface area contributed by atoms with Gasteiger partial charge in [-0.05, 0) is 26.1 Å². The summed E-state index contributed by atoms with van der Waals surface area (Å²) in [5.74, 6) is 0.713. The molecular weight excluding hydrogens is 268 g/mol. The van der Waals surface area contributed by atoms with Crippen LogP contribution in [0.4, 0.5) is 0 Å². The first kappa shape index (κ1) is 15.6. The van der Waals surface area contributed by atoms with Crippen LogP contribution in [0, 0.1) is 0 Å². The molecule has 0 bridgehead atoms. The van der Waals surface area contributed by atoms with Crippen LogP contribution in [0.3, 0.4) is 0 Å². The molecule has 0 saturated heterocycles. The minimum atomic E-state index is -0.196. The Hall–Kier alpha value is -1.46. The Bertz CT molecular complexity index is 438. The van der Waals surface area contributed by atoms with E-state index in [1.807, 2.05) is 14.0 Å². The number of hydrogen-bond donors (Lipinski definition) is 2. The molecule has 0 spiro atoms. The molecule has 0 aliphatic rings. The predicted octanol–water partition coefficient (Wildman–Crippen LogP) is 1.70. The van der Waals surface area contributed by atoms with Crippen molar-refractivity contribution in [2.75, 3.05) is 33.9 Å². The minimum absolute atomic E-state index is 0.196. The molecule has 19 heavy (non-hydrogen) atoms. The molecule has 5 nitrogen and oxygen atoms in total. The molecule has 0 atom stereocenters. The van der Waals surface area contributed by atoms with E-state index in [-0.39, 0.29) is 5.91 Å². The zero-order chi connectivity index (χ0) is 14.3. The van der Waals surface area contributed by atoms with Gasteiger partial charge in [-0.15, -0.1) is 0 Å². The summed E-state index contributed by atoms with van der Waals surface area (Å²) in [5, 5.41) is 6.08. The molecule has 0 heterocycles. The van der Waals surface area contributed by atoms with Gasteiger partial charge in [0, 0.05) is 18.7 Å². The van der Waals surface area contributed by atoms with Crippen LogP contribution in [0.15, 0.2) is 12.1 Å². The van der Waals surface area contributed by atoms with Gasteiger partial charge in [-0.1, -0.05) is 11.6 Å². The standard InChI is InChI=1S/C13H19ClN2O3/c1-4-19-12-10(14)7-9(8-11(12)18-3)13(17)16-6-5-15-2/h7-8,15H,4-6H2,1-3H3,(H,16,17). The van der Waals surface area contributed by atoms with Crippen LogP contribution in [0.2, 0.25) is 5.02 Å². The lowest BCUT2D eigenvalue weighted by Crippen LogP contribution is -2.30. The maximum atomic E-state index is 11.9. The molecule has 0 aliphatic heterocycles. The predicted molar refractivity (Wildman–Crippen MR) is 75.4 cm³/mol. The summed E-state index contributed by atoms with van der Waals surface area (Å²) in [5.41, 5.74) is 0.446. The normalized spacial score (nSPS) is 10.1. The fourth-order valence-electron chi connectivity index (χ4n) is 1.54. The summed E-state index contributed by atoms with van der Waals surface area (Å²) in [6.45, 7) is 3.58. The highest BCUT2D eigenvalue weighted by atomic mass is 35.5. The lowest BCUT2D eigenvalue weighted by atomic mass is 10.2. The van der Waals surface area contributed by atoms with Crippen LogP contribution in [-0.4, -0.2) is 39.8 Å². The SMILES string of the molecule is CCOc1c(Cl)cc(C(=O)NCCNC)cc1OC. The first-order chi connectivity index (χ1) is 9.13. The maximum Gasteiger partial charge on any atom is 0.251 e. The number of methoxy groups -OCH3 is 1. The number of carbonyl (C=O) groups is 1. The van der Waals surface area contributed by atoms with Crippen molar-refractivity contribution in [1.29, 1.82) is 0 Å². The molecule has 0 saturated carbocycles. The highest BCUT2D eigenvalue weighted by Crippen LogP contribution is 2.36. The van der Waals surface area contributed by atoms with Gasteiger partial charge in [0.1, 0.15) is 0 Å². The number of hydrogen-bond acceptors (Lipinski definition) is 4. The molecule has 106 valence electrons. The first-order valence-electron chi connectivity index (χ1n) is 6.07. The molecule has 0 radical (unpaired) electrons. The lowest BCUT2D eigenvalue weighted by molar-refractivity contribution is 0.0953. The number of rotatable bonds is 7. The third-order valence-electron chi connectivity index (χ3n) is 2.44. The zero-order valence-corrected chi connectivity index (χ0v) is 12.1. The van der Waals surface area contributed by atoms with E-state index < -0.39 is 0 Å². The van der Waals surface area contributed by atoms with Crippen molar-refractivity contribution in [3.63, 3.8) is 0 Å². The smallest absolute Gasteiger partial charge is 0.251 e. The van der Waals surface area contributed by atoms with Crippen molar-refractivity contribution in [1.82, 2.24) is 10.6 Å². The molecule has 2 N–H and O–H groups in total. The molecule has 0 fully saturated rings. The molecule has 1 amide bonds. The quantitative estimate of drug-likeness (QED) is 0.749. The lowest BCUT2D eigenvalue weighted by Gasteiger charge is -2.13. The van der Waals surface area contributed by atoms with Gasteiger partial charge in [-0.25, -0.2) is 0 Å². The number of benzene rings is 1. The van der Waals surface area contributed by atoms with Crippen molar-refractivity contribution in [3.8, 4) is 11.5 Å². The number of nitrogens with one attached hydrogen (secondary N) is 2. The average molecular weight is 287 g/mol. The van der Waals surface area contributed by atoms with Crippen molar-refractivity contribution in [3.05, 3.63) is 22.7 Å². The van der Waals surface area contributed by atoms with Gasteiger partial charge in [0.15, 0.2) is 11.5 Å². The molecule has 0 aromatic heterocycles. The van der Waals surface area contributed by atoms with E-state index in [2.05, 4.69) is 10.6 Å². The second kappa shape index (κ2) is 7.86. The Balaban J connectivity index is 2.91. The van der Waals surface area contributed by atoms with E-state index >= 15 is 0 Å². The van der Waals surface area contributed by atoms with Crippen LogP contribution in [0.1, 0.15) is 17.3 Å². The summed E-state index contributed by atoms with van der Waals surface area (Å²) in [7, 11) is 3.33. The van der Waals surface area contributed by atoms with Crippen molar-refractivity contribution < 1.29 is 14.3 Å². The van der Waals surface area contributed by atoms with Crippen molar-refractivity contribution in [2.45, 2.75) is 6.92 Å². The van der Waals surface area contributed by atoms with Crippen molar-refractivity contribution >= 4 is 17.5 Å². The van der Waals surface area contributed by atoms with Gasteiger partial charge in [-0.3, -0.25) is 4.79 Å². The number of halogens is 1. The number of likely N-dealkylation sites (N-methyl/N-ethyl adjacent to an activating group) is 1. The Morgan fingerprint density at radius 3 is 2.68 bits per heavy atom. The summed E-state index contributed by atoms with van der Waals surface area (Å²) in [6.07, 6.45) is 0. The fourth-order valence-corrected chi connectivity index (χ4v) is 1.80. The summed E-state index contributed by atoms with van der Waals surface area (Å²) >= 11 is 6.10. The molecule has 0 unspecified atom stereocenters. The zero-order valence-electron chi connectivity index (χ0n) is 11.4. The third kappa shape index (κ3) is 4.29.